The number of likely N-dealkylation sites (tertiary alicyclic amines) is 1. The number of piperidine rings is 1. The summed E-state index contributed by atoms with van der Waals surface area (Å²) in [6, 6.07) is 10.0. The first-order chi connectivity index (χ1) is 12.0. The van der Waals surface area contributed by atoms with Crippen molar-refractivity contribution in [1.29, 1.82) is 0 Å². The van der Waals surface area contributed by atoms with Gasteiger partial charge in [0, 0.05) is 26.2 Å². The van der Waals surface area contributed by atoms with Crippen molar-refractivity contribution in [2.45, 2.75) is 33.2 Å². The van der Waals surface area contributed by atoms with Gasteiger partial charge < -0.3 is 9.64 Å². The highest BCUT2D eigenvalue weighted by Gasteiger charge is 2.24. The Balaban J connectivity index is 2.00. The molecule has 1 heterocycles. The molecule has 138 valence electrons. The van der Waals surface area contributed by atoms with Crippen molar-refractivity contribution in [1.82, 2.24) is 9.80 Å². The third kappa shape index (κ3) is 6.16. The molecule has 1 amide bonds. The topological polar surface area (TPSA) is 49.9 Å². The van der Waals surface area contributed by atoms with Crippen LogP contribution in [-0.4, -0.2) is 55.0 Å². The number of esters is 1. The maximum Gasteiger partial charge on any atom is 0.309 e. The molecule has 1 fully saturated rings. The summed E-state index contributed by atoms with van der Waals surface area (Å²) >= 11 is 0. The Morgan fingerprint density at radius 3 is 2.48 bits per heavy atom. The van der Waals surface area contributed by atoms with Gasteiger partial charge in [-0.3, -0.25) is 14.5 Å². The summed E-state index contributed by atoms with van der Waals surface area (Å²) in [5, 5.41) is 0. The first-order valence-corrected chi connectivity index (χ1v) is 9.11. The van der Waals surface area contributed by atoms with E-state index in [4.69, 9.17) is 4.74 Å². The number of rotatable bonds is 7. The van der Waals surface area contributed by atoms with Crippen molar-refractivity contribution in [3.8, 4) is 0 Å². The van der Waals surface area contributed by atoms with Crippen LogP contribution in [-0.2, 0) is 20.9 Å². The number of carbonyl (C=O) groups is 2. The van der Waals surface area contributed by atoms with Gasteiger partial charge >= 0.3 is 5.97 Å². The molecule has 0 saturated carbocycles. The van der Waals surface area contributed by atoms with Gasteiger partial charge in [0.2, 0.25) is 5.91 Å². The number of carbonyl (C=O) groups excluding carboxylic acids is 2. The lowest BCUT2D eigenvalue weighted by molar-refractivity contribution is -0.146. The summed E-state index contributed by atoms with van der Waals surface area (Å²) in [7, 11) is 1.40. The van der Waals surface area contributed by atoms with Crippen LogP contribution in [0.3, 0.4) is 0 Å². The van der Waals surface area contributed by atoms with Crippen molar-refractivity contribution in [3.63, 3.8) is 0 Å². The van der Waals surface area contributed by atoms with Crippen LogP contribution in [0.1, 0.15) is 32.3 Å². The van der Waals surface area contributed by atoms with E-state index in [1.807, 2.05) is 42.2 Å². The molecule has 1 saturated heterocycles. The Hall–Kier alpha value is -1.88. The molecule has 2 rings (SSSR count). The smallest absolute Gasteiger partial charge is 0.309 e. The lowest BCUT2D eigenvalue weighted by Crippen LogP contribution is -2.45. The highest BCUT2D eigenvalue weighted by atomic mass is 16.5. The van der Waals surface area contributed by atoms with Crippen molar-refractivity contribution in [3.05, 3.63) is 35.9 Å². The molecule has 1 atom stereocenters. The fraction of sp³-hybridized carbons (Fsp3) is 0.600. The molecule has 1 unspecified atom stereocenters. The highest BCUT2D eigenvalue weighted by molar-refractivity contribution is 5.78. The third-order valence-corrected chi connectivity index (χ3v) is 4.88. The van der Waals surface area contributed by atoms with Gasteiger partial charge in [0.1, 0.15) is 0 Å². The van der Waals surface area contributed by atoms with Crippen LogP contribution < -0.4 is 0 Å². The van der Waals surface area contributed by atoms with Gasteiger partial charge in [0.15, 0.2) is 0 Å². The second-order valence-electron chi connectivity index (χ2n) is 7.14. The average Bonchev–Trinajstić information content (AvgIpc) is 2.62. The van der Waals surface area contributed by atoms with Crippen LogP contribution in [0, 0.1) is 11.8 Å². The number of methoxy groups -OCH3 is 1. The number of ether oxygens (including phenoxy) is 1. The third-order valence-electron chi connectivity index (χ3n) is 4.88. The zero-order valence-electron chi connectivity index (χ0n) is 15.6. The molecule has 0 N–H and O–H groups in total. The van der Waals surface area contributed by atoms with E-state index >= 15 is 0 Å². The second-order valence-corrected chi connectivity index (χ2v) is 7.14. The number of amides is 1. The van der Waals surface area contributed by atoms with Crippen molar-refractivity contribution < 1.29 is 14.3 Å². The minimum atomic E-state index is -0.261. The molecule has 5 nitrogen and oxygen atoms in total. The molecule has 0 spiro atoms. The van der Waals surface area contributed by atoms with Crippen LogP contribution in [0.2, 0.25) is 0 Å². The van der Waals surface area contributed by atoms with Crippen LogP contribution in [0.4, 0.5) is 0 Å². The number of hydrogen-bond acceptors (Lipinski definition) is 4. The fourth-order valence-electron chi connectivity index (χ4n) is 3.24. The zero-order valence-corrected chi connectivity index (χ0v) is 15.6. The number of benzene rings is 1. The summed E-state index contributed by atoms with van der Waals surface area (Å²) in [4.78, 5) is 28.5. The minimum absolute atomic E-state index is 0.153. The van der Waals surface area contributed by atoms with Crippen molar-refractivity contribution in [2.24, 2.45) is 11.8 Å². The zero-order chi connectivity index (χ0) is 18.2. The van der Waals surface area contributed by atoms with Gasteiger partial charge in [0.05, 0.1) is 19.6 Å². The molecule has 1 aliphatic heterocycles. The van der Waals surface area contributed by atoms with E-state index < -0.39 is 0 Å². The summed E-state index contributed by atoms with van der Waals surface area (Å²) < 4.78 is 4.84. The summed E-state index contributed by atoms with van der Waals surface area (Å²) in [6.07, 6.45) is 2.14. The molecule has 25 heavy (non-hydrogen) atoms. The van der Waals surface area contributed by atoms with E-state index in [1.54, 1.807) is 0 Å². The first-order valence-electron chi connectivity index (χ1n) is 9.11. The van der Waals surface area contributed by atoms with Crippen LogP contribution in [0.5, 0.6) is 0 Å². The van der Waals surface area contributed by atoms with E-state index in [0.29, 0.717) is 25.6 Å². The lowest BCUT2D eigenvalue weighted by Gasteiger charge is -2.33. The van der Waals surface area contributed by atoms with E-state index in [1.165, 1.54) is 7.11 Å². The Morgan fingerprint density at radius 2 is 1.88 bits per heavy atom. The molecule has 0 aliphatic carbocycles. The molecular formula is C20H30N2O3. The maximum absolute atomic E-state index is 12.7. The van der Waals surface area contributed by atoms with Gasteiger partial charge in [-0.2, -0.15) is 0 Å². The van der Waals surface area contributed by atoms with Gasteiger partial charge in [-0.05, 0) is 24.3 Å². The number of nitrogens with zero attached hydrogens (tertiary/aromatic N) is 2. The molecule has 1 aromatic rings. The fourth-order valence-corrected chi connectivity index (χ4v) is 3.24. The predicted molar refractivity (Wildman–Crippen MR) is 97.9 cm³/mol. The Kier molecular flexibility index (Phi) is 7.44. The van der Waals surface area contributed by atoms with Gasteiger partial charge in [-0.25, -0.2) is 0 Å². The van der Waals surface area contributed by atoms with Gasteiger partial charge in [-0.1, -0.05) is 44.2 Å². The van der Waals surface area contributed by atoms with Crippen LogP contribution in [0.15, 0.2) is 30.3 Å². The van der Waals surface area contributed by atoms with Crippen LogP contribution in [0.25, 0.3) is 0 Å². The summed E-state index contributed by atoms with van der Waals surface area (Å²) in [5.74, 6) is 0.351. The lowest BCUT2D eigenvalue weighted by atomic mass is 9.99. The molecule has 1 aromatic carbocycles. The molecule has 5 heteroatoms. The second kappa shape index (κ2) is 9.56. The monoisotopic (exact) mass is 346 g/mol. The molecule has 0 radical (unpaired) electrons. The normalized spacial score (nSPS) is 16.7. The quantitative estimate of drug-likeness (QED) is 0.712. The minimum Gasteiger partial charge on any atom is -0.469 e. The van der Waals surface area contributed by atoms with E-state index in [0.717, 1.165) is 31.5 Å². The predicted octanol–water partition coefficient (Wildman–Crippen LogP) is 2.56. The largest absolute Gasteiger partial charge is 0.469 e. The van der Waals surface area contributed by atoms with Crippen molar-refractivity contribution in [2.75, 3.05) is 33.3 Å². The highest BCUT2D eigenvalue weighted by Crippen LogP contribution is 2.17. The van der Waals surface area contributed by atoms with Crippen LogP contribution >= 0.6 is 0 Å². The van der Waals surface area contributed by atoms with Gasteiger partial charge in [0.25, 0.3) is 0 Å². The molecule has 1 aliphatic rings. The first kappa shape index (κ1) is 19.4. The van der Waals surface area contributed by atoms with E-state index in [9.17, 15) is 9.59 Å². The molecule has 0 bridgehead atoms. The Bertz CT molecular complexity index is 553. The van der Waals surface area contributed by atoms with E-state index in [2.05, 4.69) is 11.8 Å². The average molecular weight is 346 g/mol. The summed E-state index contributed by atoms with van der Waals surface area (Å²) in [5.41, 5.74) is 1.14. The molecular weight excluding hydrogens is 316 g/mol. The molecule has 0 aromatic heterocycles. The summed E-state index contributed by atoms with van der Waals surface area (Å²) in [6.45, 7) is 7.26. The SMILES string of the molecule is COC(=O)C(C)CN(CC(=O)N1CCC(C)CC1)Cc1ccccc1. The number of hydrogen-bond donors (Lipinski definition) is 0. The Morgan fingerprint density at radius 1 is 1.24 bits per heavy atom. The standard InChI is InChI=1S/C20H30N2O3/c1-16-9-11-22(12-10-16)19(23)15-21(13-17(2)20(24)25-3)14-18-7-5-4-6-8-18/h4-8,16-17H,9-15H2,1-3H3. The van der Waals surface area contributed by atoms with Crippen molar-refractivity contribution >= 4 is 11.9 Å². The van der Waals surface area contributed by atoms with Gasteiger partial charge in [-0.15, -0.1) is 0 Å². The maximum atomic E-state index is 12.7. The Labute approximate surface area is 150 Å². The van der Waals surface area contributed by atoms with E-state index in [-0.39, 0.29) is 17.8 Å².